The number of carbonyl (C=O) groups is 3. The average molecular weight is 368 g/mol. The first-order chi connectivity index (χ1) is 12.0. The van der Waals surface area contributed by atoms with E-state index in [1.54, 1.807) is 13.2 Å². The van der Waals surface area contributed by atoms with E-state index in [1.807, 2.05) is 27.7 Å². The van der Waals surface area contributed by atoms with E-state index in [-0.39, 0.29) is 35.9 Å². The summed E-state index contributed by atoms with van der Waals surface area (Å²) in [5, 5.41) is 0. The molecule has 0 bridgehead atoms. The van der Waals surface area contributed by atoms with Crippen LogP contribution >= 0.6 is 0 Å². The summed E-state index contributed by atoms with van der Waals surface area (Å²) in [5.74, 6) is -1.18. The van der Waals surface area contributed by atoms with Crippen LogP contribution in [0.3, 0.4) is 0 Å². The standard InChI is InChI=1S/C20H32O6/c1-19(2,10-12-24-5)25-13-11-20(3,4)26-18(23)9-7-15-6-8-16(21)17(22)14-15/h7,9,15H,6,8,10-14H2,1-5H3/b9-7+. The molecule has 148 valence electrons. The molecule has 1 atom stereocenters. The van der Waals surface area contributed by atoms with Crippen molar-refractivity contribution < 1.29 is 28.6 Å². The Labute approximate surface area is 156 Å². The molecule has 6 heteroatoms. The molecule has 1 aliphatic carbocycles. The Kier molecular flexibility index (Phi) is 8.63. The highest BCUT2D eigenvalue weighted by molar-refractivity contribution is 6.37. The lowest BCUT2D eigenvalue weighted by atomic mass is 9.87. The number of esters is 1. The van der Waals surface area contributed by atoms with Crippen LogP contribution in [0.25, 0.3) is 0 Å². The van der Waals surface area contributed by atoms with Crippen LogP contribution in [0, 0.1) is 5.92 Å². The monoisotopic (exact) mass is 368 g/mol. The normalized spacial score (nSPS) is 19.2. The molecule has 0 aromatic rings. The Morgan fingerprint density at radius 1 is 1.08 bits per heavy atom. The molecule has 1 fully saturated rings. The fourth-order valence-corrected chi connectivity index (χ4v) is 2.64. The van der Waals surface area contributed by atoms with Gasteiger partial charge in [0.1, 0.15) is 5.60 Å². The topological polar surface area (TPSA) is 78.9 Å². The van der Waals surface area contributed by atoms with Crippen molar-refractivity contribution in [2.45, 2.75) is 71.0 Å². The molecule has 26 heavy (non-hydrogen) atoms. The summed E-state index contributed by atoms with van der Waals surface area (Å²) in [7, 11) is 1.66. The molecule has 0 saturated heterocycles. The quantitative estimate of drug-likeness (QED) is 0.335. The fourth-order valence-electron chi connectivity index (χ4n) is 2.64. The minimum Gasteiger partial charge on any atom is -0.456 e. The van der Waals surface area contributed by atoms with Gasteiger partial charge in [-0.05, 0) is 46.5 Å². The highest BCUT2D eigenvalue weighted by atomic mass is 16.6. The molecule has 0 heterocycles. The van der Waals surface area contributed by atoms with Gasteiger partial charge >= 0.3 is 5.97 Å². The predicted octanol–water partition coefficient (Wildman–Crippen LogP) is 3.02. The average Bonchev–Trinajstić information content (AvgIpc) is 2.53. The lowest BCUT2D eigenvalue weighted by molar-refractivity contribution is -0.153. The van der Waals surface area contributed by atoms with Crippen LogP contribution in [-0.4, -0.2) is 49.1 Å². The lowest BCUT2D eigenvalue weighted by Gasteiger charge is -2.29. The highest BCUT2D eigenvalue weighted by Crippen LogP contribution is 2.22. The van der Waals surface area contributed by atoms with Gasteiger partial charge in [0, 0.05) is 39.1 Å². The van der Waals surface area contributed by atoms with Gasteiger partial charge in [-0.1, -0.05) is 6.08 Å². The summed E-state index contributed by atoms with van der Waals surface area (Å²) >= 11 is 0. The molecule has 0 aromatic heterocycles. The number of ketones is 2. The van der Waals surface area contributed by atoms with E-state index in [2.05, 4.69) is 0 Å². The van der Waals surface area contributed by atoms with Gasteiger partial charge in [0.05, 0.1) is 12.2 Å². The summed E-state index contributed by atoms with van der Waals surface area (Å²) in [6, 6.07) is 0. The highest BCUT2D eigenvalue weighted by Gasteiger charge is 2.26. The van der Waals surface area contributed by atoms with Gasteiger partial charge in [0.25, 0.3) is 0 Å². The molecule has 1 saturated carbocycles. The molecule has 1 aliphatic rings. The minimum atomic E-state index is -0.656. The van der Waals surface area contributed by atoms with E-state index >= 15 is 0 Å². The number of allylic oxidation sites excluding steroid dienone is 1. The third-order valence-corrected chi connectivity index (χ3v) is 4.49. The molecular weight excluding hydrogens is 336 g/mol. The number of hydrogen-bond acceptors (Lipinski definition) is 6. The van der Waals surface area contributed by atoms with Crippen LogP contribution in [0.5, 0.6) is 0 Å². The molecule has 6 nitrogen and oxygen atoms in total. The zero-order valence-electron chi connectivity index (χ0n) is 16.6. The summed E-state index contributed by atoms with van der Waals surface area (Å²) < 4.78 is 16.4. The number of hydrogen-bond donors (Lipinski definition) is 0. The van der Waals surface area contributed by atoms with Crippen LogP contribution in [0.2, 0.25) is 0 Å². The SMILES string of the molecule is COCCC(C)(C)OCCC(C)(C)OC(=O)/C=C/C1CCC(=O)C(=O)C1. The van der Waals surface area contributed by atoms with Gasteiger partial charge in [0.15, 0.2) is 11.6 Å². The third kappa shape index (κ3) is 8.72. The molecule has 1 rings (SSSR count). The third-order valence-electron chi connectivity index (χ3n) is 4.49. The van der Waals surface area contributed by atoms with Gasteiger partial charge in [-0.15, -0.1) is 0 Å². The van der Waals surface area contributed by atoms with Gasteiger partial charge in [-0.3, -0.25) is 9.59 Å². The van der Waals surface area contributed by atoms with E-state index < -0.39 is 11.6 Å². The molecule has 1 unspecified atom stereocenters. The molecule has 0 spiro atoms. The first-order valence-electron chi connectivity index (χ1n) is 9.15. The summed E-state index contributed by atoms with van der Waals surface area (Å²) in [5.41, 5.74) is -0.946. The number of ether oxygens (including phenoxy) is 3. The van der Waals surface area contributed by atoms with Crippen molar-refractivity contribution >= 4 is 17.5 Å². The van der Waals surface area contributed by atoms with E-state index in [9.17, 15) is 14.4 Å². The number of Topliss-reactive ketones (excluding diaryl/α,β-unsaturated/α-hetero) is 2. The molecule has 0 N–H and O–H groups in total. The maximum Gasteiger partial charge on any atom is 0.330 e. The predicted molar refractivity (Wildman–Crippen MR) is 97.8 cm³/mol. The van der Waals surface area contributed by atoms with Crippen molar-refractivity contribution in [2.75, 3.05) is 20.3 Å². The maximum absolute atomic E-state index is 12.0. The number of rotatable bonds is 10. The second-order valence-electron chi connectivity index (χ2n) is 7.99. The fraction of sp³-hybridized carbons (Fsp3) is 0.750. The summed E-state index contributed by atoms with van der Waals surface area (Å²) in [6.07, 6.45) is 5.42. The Morgan fingerprint density at radius 2 is 1.73 bits per heavy atom. The molecule has 0 amide bonds. The molecule has 0 aliphatic heterocycles. The van der Waals surface area contributed by atoms with Gasteiger partial charge < -0.3 is 14.2 Å². The van der Waals surface area contributed by atoms with Crippen molar-refractivity contribution in [3.05, 3.63) is 12.2 Å². The Bertz CT molecular complexity index is 532. The number of methoxy groups -OCH3 is 1. The van der Waals surface area contributed by atoms with Crippen LogP contribution in [-0.2, 0) is 28.6 Å². The van der Waals surface area contributed by atoms with Crippen molar-refractivity contribution in [3.63, 3.8) is 0 Å². The van der Waals surface area contributed by atoms with E-state index in [1.165, 1.54) is 6.08 Å². The number of carbonyl (C=O) groups excluding carboxylic acids is 3. The smallest absolute Gasteiger partial charge is 0.330 e. The minimum absolute atomic E-state index is 0.0687. The van der Waals surface area contributed by atoms with Crippen LogP contribution < -0.4 is 0 Å². The summed E-state index contributed by atoms with van der Waals surface area (Å²) in [4.78, 5) is 34.7. The lowest BCUT2D eigenvalue weighted by Crippen LogP contribution is -2.32. The maximum atomic E-state index is 12.0. The van der Waals surface area contributed by atoms with Crippen molar-refractivity contribution in [3.8, 4) is 0 Å². The second kappa shape index (κ2) is 9.97. The molecule has 0 radical (unpaired) electrons. The first kappa shape index (κ1) is 22.5. The Morgan fingerprint density at radius 3 is 2.35 bits per heavy atom. The van der Waals surface area contributed by atoms with Gasteiger partial charge in [-0.25, -0.2) is 4.79 Å². The summed E-state index contributed by atoms with van der Waals surface area (Å²) in [6.45, 7) is 8.79. The largest absolute Gasteiger partial charge is 0.456 e. The van der Waals surface area contributed by atoms with Crippen molar-refractivity contribution in [1.82, 2.24) is 0 Å². The zero-order chi connectivity index (χ0) is 19.8. The van der Waals surface area contributed by atoms with Crippen molar-refractivity contribution in [2.24, 2.45) is 5.92 Å². The zero-order valence-corrected chi connectivity index (χ0v) is 16.6. The van der Waals surface area contributed by atoms with E-state index in [0.717, 1.165) is 6.42 Å². The molecule has 0 aromatic carbocycles. The van der Waals surface area contributed by atoms with E-state index in [0.29, 0.717) is 26.1 Å². The second-order valence-corrected chi connectivity index (χ2v) is 7.99. The molecular formula is C20H32O6. The Hall–Kier alpha value is -1.53. The van der Waals surface area contributed by atoms with Crippen molar-refractivity contribution in [1.29, 1.82) is 0 Å². The first-order valence-corrected chi connectivity index (χ1v) is 9.15. The van der Waals surface area contributed by atoms with Crippen LogP contribution in [0.4, 0.5) is 0 Å². The Balaban J connectivity index is 2.38. The van der Waals surface area contributed by atoms with E-state index in [4.69, 9.17) is 14.2 Å². The van der Waals surface area contributed by atoms with Crippen LogP contribution in [0.15, 0.2) is 12.2 Å². The van der Waals surface area contributed by atoms with Crippen LogP contribution in [0.1, 0.15) is 59.8 Å². The van der Waals surface area contributed by atoms with Gasteiger partial charge in [-0.2, -0.15) is 0 Å². The van der Waals surface area contributed by atoms with Gasteiger partial charge in [0.2, 0.25) is 0 Å².